The van der Waals surface area contributed by atoms with Gasteiger partial charge >= 0.3 is 0 Å². The topological polar surface area (TPSA) is 115 Å². The fraction of sp³-hybridized carbons (Fsp3) is 0.167. The molecule has 0 radical (unpaired) electrons. The molecule has 0 atom stereocenters. The summed E-state index contributed by atoms with van der Waals surface area (Å²) >= 11 is 0. The third-order valence-electron chi connectivity index (χ3n) is 5.05. The van der Waals surface area contributed by atoms with Crippen LogP contribution in [0, 0.1) is 0 Å². The minimum Gasteiger partial charge on any atom is -0.486 e. The van der Waals surface area contributed by atoms with Crippen molar-refractivity contribution in [1.29, 1.82) is 0 Å². The van der Waals surface area contributed by atoms with Gasteiger partial charge in [-0.05, 0) is 41.0 Å². The third-order valence-corrected chi connectivity index (χ3v) is 5.05. The normalized spacial score (nSPS) is 11.3. The van der Waals surface area contributed by atoms with Gasteiger partial charge in [0.2, 0.25) is 0 Å². The first-order chi connectivity index (χ1) is 14.5. The Morgan fingerprint density at radius 2 is 1.73 bits per heavy atom. The van der Waals surface area contributed by atoms with E-state index in [0.29, 0.717) is 23.5 Å². The van der Waals surface area contributed by atoms with Crippen LogP contribution in [0.3, 0.4) is 0 Å². The smallest absolute Gasteiger partial charge is 0.155 e. The molecule has 0 aliphatic rings. The van der Waals surface area contributed by atoms with Gasteiger partial charge in [-0.1, -0.05) is 36.4 Å². The molecule has 4 rings (SSSR count). The fourth-order valence-electron chi connectivity index (χ4n) is 3.54. The van der Waals surface area contributed by atoms with Gasteiger partial charge in [-0.15, -0.1) is 0 Å². The van der Waals surface area contributed by atoms with Crippen LogP contribution < -0.4 is 16.2 Å². The number of hydrogen-bond acceptors (Lipinski definition) is 6. The van der Waals surface area contributed by atoms with E-state index in [4.69, 9.17) is 20.6 Å². The van der Waals surface area contributed by atoms with Gasteiger partial charge in [0.1, 0.15) is 17.9 Å². The third kappa shape index (κ3) is 4.16. The minimum atomic E-state index is -1.48. The molecule has 154 valence electrons. The number of hydrogen-bond donors (Lipinski definition) is 4. The predicted molar refractivity (Wildman–Crippen MR) is 117 cm³/mol. The maximum atomic E-state index is 9.33. The van der Waals surface area contributed by atoms with Crippen LogP contribution in [0.1, 0.15) is 16.7 Å². The highest BCUT2D eigenvalue weighted by atomic mass is 16.5. The highest BCUT2D eigenvalue weighted by Crippen LogP contribution is 2.32. The molecular formula is C24H24N2O4. The first kappa shape index (κ1) is 20.0. The quantitative estimate of drug-likeness (QED) is 0.276. The summed E-state index contributed by atoms with van der Waals surface area (Å²) in [5.41, 5.74) is 17.8. The van der Waals surface area contributed by atoms with Gasteiger partial charge in [0.05, 0.1) is 12.0 Å². The van der Waals surface area contributed by atoms with Gasteiger partial charge in [-0.3, -0.25) is 0 Å². The fourth-order valence-corrected chi connectivity index (χ4v) is 3.54. The lowest BCUT2D eigenvalue weighted by Crippen LogP contribution is -2.10. The summed E-state index contributed by atoms with van der Waals surface area (Å²) in [6, 6.07) is 19.4. The van der Waals surface area contributed by atoms with Crippen molar-refractivity contribution >= 4 is 16.7 Å². The molecule has 6 nitrogen and oxygen atoms in total. The lowest BCUT2D eigenvalue weighted by molar-refractivity contribution is -0.0385. The summed E-state index contributed by atoms with van der Waals surface area (Å²) < 4.78 is 11.7. The van der Waals surface area contributed by atoms with Crippen molar-refractivity contribution in [3.05, 3.63) is 83.6 Å². The van der Waals surface area contributed by atoms with Crippen LogP contribution in [0.2, 0.25) is 0 Å². The number of rotatable bonds is 7. The Hall–Kier alpha value is -3.32. The molecule has 1 aromatic heterocycles. The number of benzene rings is 3. The highest BCUT2D eigenvalue weighted by Gasteiger charge is 2.14. The molecule has 0 bridgehead atoms. The molecule has 6 heteroatoms. The van der Waals surface area contributed by atoms with E-state index in [1.54, 1.807) is 24.5 Å². The molecule has 30 heavy (non-hydrogen) atoms. The van der Waals surface area contributed by atoms with Crippen molar-refractivity contribution in [2.45, 2.75) is 25.9 Å². The number of furan rings is 1. The van der Waals surface area contributed by atoms with E-state index in [0.717, 1.165) is 33.2 Å². The Morgan fingerprint density at radius 1 is 0.933 bits per heavy atom. The van der Waals surface area contributed by atoms with Gasteiger partial charge in [0, 0.05) is 29.5 Å². The molecule has 6 N–H and O–H groups in total. The maximum Gasteiger partial charge on any atom is 0.155 e. The average Bonchev–Trinajstić information content (AvgIpc) is 3.15. The number of ether oxygens (including phenoxy) is 1. The van der Waals surface area contributed by atoms with Crippen molar-refractivity contribution in [3.8, 4) is 16.9 Å². The number of nitrogen functional groups attached to an aromatic ring is 1. The Kier molecular flexibility index (Phi) is 5.72. The molecule has 0 fully saturated rings. The Balaban J connectivity index is 1.63. The largest absolute Gasteiger partial charge is 0.486 e. The number of aliphatic hydroxyl groups excluding tert-OH is 1. The second-order valence-corrected chi connectivity index (χ2v) is 7.19. The van der Waals surface area contributed by atoms with Crippen molar-refractivity contribution in [1.82, 2.24) is 0 Å². The molecule has 3 aromatic carbocycles. The van der Waals surface area contributed by atoms with Gasteiger partial charge in [-0.2, -0.15) is 0 Å². The van der Waals surface area contributed by atoms with E-state index in [2.05, 4.69) is 12.1 Å². The van der Waals surface area contributed by atoms with Crippen molar-refractivity contribution in [2.75, 3.05) is 5.73 Å². The van der Waals surface area contributed by atoms with Gasteiger partial charge in [0.25, 0.3) is 0 Å². The lowest BCUT2D eigenvalue weighted by atomic mass is 10.0. The summed E-state index contributed by atoms with van der Waals surface area (Å²) in [5.74, 6) is 0.451. The molecule has 0 amide bonds. The summed E-state index contributed by atoms with van der Waals surface area (Å²) in [6.07, 6.45) is 0.231. The molecule has 4 aromatic rings. The number of fused-ring (bicyclic) bond motifs is 1. The van der Waals surface area contributed by atoms with Gasteiger partial charge in [0.15, 0.2) is 6.29 Å². The molecule has 0 aliphatic heterocycles. The summed E-state index contributed by atoms with van der Waals surface area (Å²) in [6.45, 7) is 0.728. The van der Waals surface area contributed by atoms with E-state index in [1.165, 1.54) is 0 Å². The molecular weight excluding hydrogens is 380 g/mol. The molecule has 0 spiro atoms. The van der Waals surface area contributed by atoms with Crippen LogP contribution in [0.5, 0.6) is 5.75 Å². The van der Waals surface area contributed by atoms with Crippen LogP contribution in [0.25, 0.3) is 22.1 Å². The van der Waals surface area contributed by atoms with Crippen molar-refractivity contribution in [3.63, 3.8) is 0 Å². The number of nitrogens with two attached hydrogens (primary N) is 2. The van der Waals surface area contributed by atoms with E-state index in [9.17, 15) is 10.2 Å². The first-order valence-electron chi connectivity index (χ1n) is 9.71. The SMILES string of the molecule is NCc1cccc(-c2ccc3occ(COc4c(N)cccc4CC(O)O)c3c2)c1. The Bertz CT molecular complexity index is 1170. The van der Waals surface area contributed by atoms with E-state index in [-0.39, 0.29) is 13.0 Å². The van der Waals surface area contributed by atoms with Crippen LogP contribution >= 0.6 is 0 Å². The highest BCUT2D eigenvalue weighted by molar-refractivity contribution is 5.86. The van der Waals surface area contributed by atoms with Crippen molar-refractivity contribution in [2.24, 2.45) is 5.73 Å². The Morgan fingerprint density at radius 3 is 2.53 bits per heavy atom. The van der Waals surface area contributed by atoms with Crippen LogP contribution in [0.4, 0.5) is 5.69 Å². The van der Waals surface area contributed by atoms with E-state index in [1.807, 2.05) is 30.3 Å². The second-order valence-electron chi connectivity index (χ2n) is 7.19. The average molecular weight is 404 g/mol. The second kappa shape index (κ2) is 8.59. The van der Waals surface area contributed by atoms with Crippen LogP contribution in [-0.4, -0.2) is 16.5 Å². The monoisotopic (exact) mass is 404 g/mol. The van der Waals surface area contributed by atoms with Gasteiger partial charge < -0.3 is 30.8 Å². The van der Waals surface area contributed by atoms with Crippen LogP contribution in [0.15, 0.2) is 71.3 Å². The molecule has 0 saturated carbocycles. The Labute approximate surface area is 174 Å². The van der Waals surface area contributed by atoms with Gasteiger partial charge in [-0.25, -0.2) is 0 Å². The molecule has 1 heterocycles. The summed E-state index contributed by atoms with van der Waals surface area (Å²) in [7, 11) is 0. The van der Waals surface area contributed by atoms with Crippen molar-refractivity contribution < 1.29 is 19.4 Å². The summed E-state index contributed by atoms with van der Waals surface area (Å²) in [4.78, 5) is 0. The minimum absolute atomic E-state index is 0.0359. The summed E-state index contributed by atoms with van der Waals surface area (Å²) in [5, 5.41) is 19.6. The molecule has 0 unspecified atom stereocenters. The standard InChI is InChI=1S/C24H24N2O4/c25-12-15-3-1-4-16(9-15)17-7-8-22-20(10-17)19(13-29-22)14-30-24-18(11-23(27)28)5-2-6-21(24)26/h1-10,13,23,27-28H,11-12,14,25-26H2. The number of para-hydroxylation sites is 1. The zero-order valence-corrected chi connectivity index (χ0v) is 16.4. The van der Waals surface area contributed by atoms with E-state index < -0.39 is 6.29 Å². The zero-order valence-electron chi connectivity index (χ0n) is 16.4. The predicted octanol–water partition coefficient (Wildman–Crippen LogP) is 3.57. The number of aliphatic hydroxyl groups is 2. The van der Waals surface area contributed by atoms with Crippen LogP contribution in [-0.2, 0) is 19.6 Å². The molecule has 0 saturated heterocycles. The number of anilines is 1. The molecule has 0 aliphatic carbocycles. The zero-order chi connectivity index (χ0) is 21.1. The lowest BCUT2D eigenvalue weighted by Gasteiger charge is -2.14. The first-order valence-corrected chi connectivity index (χ1v) is 9.71. The van der Waals surface area contributed by atoms with E-state index >= 15 is 0 Å². The maximum absolute atomic E-state index is 9.33.